The van der Waals surface area contributed by atoms with Gasteiger partial charge in [-0.3, -0.25) is 9.59 Å². The van der Waals surface area contributed by atoms with Gasteiger partial charge in [0.05, 0.1) is 25.0 Å². The van der Waals surface area contributed by atoms with Crippen molar-refractivity contribution in [1.82, 2.24) is 10.2 Å². The van der Waals surface area contributed by atoms with E-state index in [0.717, 1.165) is 25.9 Å². The van der Waals surface area contributed by atoms with Gasteiger partial charge in [-0.15, -0.1) is 0 Å². The molecule has 2 heterocycles. The summed E-state index contributed by atoms with van der Waals surface area (Å²) in [6, 6.07) is 0. The van der Waals surface area contributed by atoms with Gasteiger partial charge >= 0.3 is 5.97 Å². The Morgan fingerprint density at radius 1 is 1.19 bits per heavy atom. The highest BCUT2D eigenvalue weighted by Crippen LogP contribution is 2.33. The molecule has 0 aromatic heterocycles. The van der Waals surface area contributed by atoms with Gasteiger partial charge in [0.25, 0.3) is 0 Å². The fraction of sp³-hybridized carbons (Fsp3) is 0.867. The lowest BCUT2D eigenvalue weighted by atomic mass is 9.77. The van der Waals surface area contributed by atoms with E-state index in [2.05, 4.69) is 5.32 Å². The molecule has 2 rings (SSSR count). The highest BCUT2D eigenvalue weighted by atomic mass is 16.5. The number of hydrogen-bond donors (Lipinski definition) is 1. The van der Waals surface area contributed by atoms with Gasteiger partial charge in [0, 0.05) is 20.2 Å². The zero-order valence-electron chi connectivity index (χ0n) is 13.0. The number of likely N-dealkylation sites (tertiary alicyclic amines) is 1. The van der Waals surface area contributed by atoms with Gasteiger partial charge in [-0.05, 0) is 38.8 Å². The average molecular weight is 298 g/mol. The zero-order valence-corrected chi connectivity index (χ0v) is 13.0. The maximum Gasteiger partial charge on any atom is 0.308 e. The molecule has 6 heteroatoms. The molecule has 2 aliphatic heterocycles. The quantitative estimate of drug-likeness (QED) is 0.762. The first-order chi connectivity index (χ1) is 10.1. The molecule has 2 saturated heterocycles. The summed E-state index contributed by atoms with van der Waals surface area (Å²) in [6.45, 7) is 3.46. The van der Waals surface area contributed by atoms with Crippen LogP contribution in [0.25, 0.3) is 0 Å². The summed E-state index contributed by atoms with van der Waals surface area (Å²) in [5.74, 6) is -0.0322. The lowest BCUT2D eigenvalue weighted by Crippen LogP contribution is -2.53. The predicted molar refractivity (Wildman–Crippen MR) is 77.7 cm³/mol. The number of amides is 1. The molecule has 0 aromatic rings. The number of piperidine rings is 2. The Morgan fingerprint density at radius 2 is 1.81 bits per heavy atom. The van der Waals surface area contributed by atoms with Gasteiger partial charge < -0.3 is 19.7 Å². The summed E-state index contributed by atoms with van der Waals surface area (Å²) >= 11 is 0. The van der Waals surface area contributed by atoms with Crippen LogP contribution in [0.2, 0.25) is 0 Å². The summed E-state index contributed by atoms with van der Waals surface area (Å²) in [5.41, 5.74) is -0.391. The van der Waals surface area contributed by atoms with Crippen molar-refractivity contribution in [2.45, 2.75) is 25.7 Å². The molecule has 0 aromatic carbocycles. The third-order valence-corrected chi connectivity index (χ3v) is 4.75. The largest absolute Gasteiger partial charge is 0.469 e. The number of carbonyl (C=O) groups excluding carboxylic acids is 2. The second-order valence-corrected chi connectivity index (χ2v) is 6.05. The number of methoxy groups -OCH3 is 2. The molecule has 1 N–H and O–H groups in total. The molecule has 0 saturated carbocycles. The van der Waals surface area contributed by atoms with E-state index in [9.17, 15) is 9.59 Å². The average Bonchev–Trinajstić information content (AvgIpc) is 2.54. The minimum absolute atomic E-state index is 0.0644. The highest BCUT2D eigenvalue weighted by Gasteiger charge is 2.43. The lowest BCUT2D eigenvalue weighted by molar-refractivity contribution is -0.154. The maximum absolute atomic E-state index is 12.9. The van der Waals surface area contributed by atoms with E-state index in [4.69, 9.17) is 9.47 Å². The Morgan fingerprint density at radius 3 is 2.33 bits per heavy atom. The minimum atomic E-state index is -0.391. The highest BCUT2D eigenvalue weighted by molar-refractivity contribution is 5.83. The maximum atomic E-state index is 12.9. The fourth-order valence-corrected chi connectivity index (χ4v) is 3.42. The van der Waals surface area contributed by atoms with Crippen LogP contribution in [0.5, 0.6) is 0 Å². The van der Waals surface area contributed by atoms with E-state index in [-0.39, 0.29) is 17.8 Å². The second-order valence-electron chi connectivity index (χ2n) is 6.05. The van der Waals surface area contributed by atoms with Gasteiger partial charge in [-0.25, -0.2) is 0 Å². The number of nitrogens with zero attached hydrogens (tertiary/aromatic N) is 1. The molecule has 6 nitrogen and oxygen atoms in total. The van der Waals surface area contributed by atoms with Crippen molar-refractivity contribution in [2.24, 2.45) is 11.3 Å². The van der Waals surface area contributed by atoms with Gasteiger partial charge in [-0.1, -0.05) is 0 Å². The predicted octanol–water partition coefficient (Wildman–Crippen LogP) is 0.414. The molecule has 2 fully saturated rings. The molecule has 21 heavy (non-hydrogen) atoms. The van der Waals surface area contributed by atoms with Crippen molar-refractivity contribution in [3.63, 3.8) is 0 Å². The standard InChI is InChI=1S/C15H26N2O4/c1-20-11-15(5-7-16-8-6-15)14(19)17-9-3-12(4-10-17)13(18)21-2/h12,16H,3-11H2,1-2H3. The number of esters is 1. The van der Waals surface area contributed by atoms with Crippen LogP contribution in [-0.2, 0) is 19.1 Å². The van der Waals surface area contributed by atoms with Crippen LogP contribution >= 0.6 is 0 Å². The van der Waals surface area contributed by atoms with Crippen LogP contribution in [0.15, 0.2) is 0 Å². The minimum Gasteiger partial charge on any atom is -0.469 e. The first kappa shape index (κ1) is 16.2. The molecule has 0 spiro atoms. The third kappa shape index (κ3) is 3.55. The fourth-order valence-electron chi connectivity index (χ4n) is 3.42. The molecule has 0 aliphatic carbocycles. The van der Waals surface area contributed by atoms with Crippen molar-refractivity contribution in [3.8, 4) is 0 Å². The van der Waals surface area contributed by atoms with E-state index >= 15 is 0 Å². The van der Waals surface area contributed by atoms with Crippen LogP contribution < -0.4 is 5.32 Å². The number of carbonyl (C=O) groups is 2. The van der Waals surface area contributed by atoms with Crippen molar-refractivity contribution in [3.05, 3.63) is 0 Å². The second kappa shape index (κ2) is 7.22. The third-order valence-electron chi connectivity index (χ3n) is 4.75. The number of ether oxygens (including phenoxy) is 2. The summed E-state index contributed by atoms with van der Waals surface area (Å²) in [7, 11) is 3.07. The van der Waals surface area contributed by atoms with Crippen molar-refractivity contribution in [2.75, 3.05) is 47.0 Å². The number of hydrogen-bond acceptors (Lipinski definition) is 5. The van der Waals surface area contributed by atoms with Gasteiger partial charge in [0.1, 0.15) is 0 Å². The van der Waals surface area contributed by atoms with Gasteiger partial charge in [0.2, 0.25) is 5.91 Å². The van der Waals surface area contributed by atoms with Crippen LogP contribution in [0.1, 0.15) is 25.7 Å². The van der Waals surface area contributed by atoms with Crippen LogP contribution in [0, 0.1) is 11.3 Å². The van der Waals surface area contributed by atoms with E-state index in [0.29, 0.717) is 32.5 Å². The van der Waals surface area contributed by atoms with E-state index in [1.54, 1.807) is 7.11 Å². The van der Waals surface area contributed by atoms with Crippen molar-refractivity contribution < 1.29 is 19.1 Å². The molecule has 1 amide bonds. The monoisotopic (exact) mass is 298 g/mol. The Labute approximate surface area is 126 Å². The lowest BCUT2D eigenvalue weighted by Gasteiger charge is -2.41. The summed E-state index contributed by atoms with van der Waals surface area (Å²) in [6.07, 6.45) is 3.02. The Bertz CT molecular complexity index is 366. The van der Waals surface area contributed by atoms with Crippen molar-refractivity contribution >= 4 is 11.9 Å². The first-order valence-corrected chi connectivity index (χ1v) is 7.70. The molecular formula is C15H26N2O4. The summed E-state index contributed by atoms with van der Waals surface area (Å²) in [5, 5.41) is 3.30. The first-order valence-electron chi connectivity index (χ1n) is 7.70. The number of nitrogens with one attached hydrogen (secondary N) is 1. The van der Waals surface area contributed by atoms with Gasteiger partial charge in [0.15, 0.2) is 0 Å². The number of rotatable bonds is 4. The zero-order chi connectivity index (χ0) is 15.3. The van der Waals surface area contributed by atoms with Crippen molar-refractivity contribution in [1.29, 1.82) is 0 Å². The van der Waals surface area contributed by atoms with E-state index in [1.807, 2.05) is 4.90 Å². The Kier molecular flexibility index (Phi) is 5.58. The van der Waals surface area contributed by atoms with Crippen LogP contribution in [0.3, 0.4) is 0 Å². The molecule has 0 bridgehead atoms. The molecular weight excluding hydrogens is 272 g/mol. The smallest absolute Gasteiger partial charge is 0.308 e. The van der Waals surface area contributed by atoms with E-state index < -0.39 is 5.41 Å². The molecule has 0 atom stereocenters. The van der Waals surface area contributed by atoms with Crippen LogP contribution in [0.4, 0.5) is 0 Å². The van der Waals surface area contributed by atoms with Crippen LogP contribution in [-0.4, -0.2) is 63.8 Å². The molecule has 0 radical (unpaired) electrons. The molecule has 120 valence electrons. The summed E-state index contributed by atoms with van der Waals surface area (Å²) < 4.78 is 10.1. The molecule has 0 unspecified atom stereocenters. The Balaban J connectivity index is 1.97. The van der Waals surface area contributed by atoms with E-state index in [1.165, 1.54) is 7.11 Å². The SMILES string of the molecule is COCC1(C(=O)N2CCC(C(=O)OC)CC2)CCNCC1. The Hall–Kier alpha value is -1.14. The molecule has 2 aliphatic rings. The topological polar surface area (TPSA) is 67.9 Å². The van der Waals surface area contributed by atoms with Gasteiger partial charge in [-0.2, -0.15) is 0 Å². The normalized spacial score (nSPS) is 22.9. The summed E-state index contributed by atoms with van der Waals surface area (Å²) in [4.78, 5) is 26.4.